The van der Waals surface area contributed by atoms with Crippen molar-refractivity contribution in [1.82, 2.24) is 9.80 Å². The Bertz CT molecular complexity index is 432. The van der Waals surface area contributed by atoms with Crippen LogP contribution in [0.25, 0.3) is 0 Å². The van der Waals surface area contributed by atoms with Gasteiger partial charge in [0.05, 0.1) is 0 Å². The van der Waals surface area contributed by atoms with Crippen molar-refractivity contribution in [3.63, 3.8) is 0 Å². The van der Waals surface area contributed by atoms with E-state index < -0.39 is 0 Å². The van der Waals surface area contributed by atoms with Crippen LogP contribution in [0.1, 0.15) is 30.6 Å². The first-order valence-electron chi connectivity index (χ1n) is 7.60. The summed E-state index contributed by atoms with van der Waals surface area (Å²) in [6.07, 6.45) is 1.19. The highest BCUT2D eigenvalue weighted by Gasteiger charge is 2.24. The third kappa shape index (κ3) is 3.90. The first-order chi connectivity index (χ1) is 9.58. The summed E-state index contributed by atoms with van der Waals surface area (Å²) in [7, 11) is 2.18. The van der Waals surface area contributed by atoms with Crippen LogP contribution < -0.4 is 0 Å². The maximum Gasteiger partial charge on any atom is 0.166 e. The molecule has 2 unspecified atom stereocenters. The van der Waals surface area contributed by atoms with Crippen LogP contribution in [-0.2, 0) is 0 Å². The van der Waals surface area contributed by atoms with E-state index in [4.69, 9.17) is 0 Å². The Balaban J connectivity index is 1.96. The van der Waals surface area contributed by atoms with Crippen LogP contribution in [0.3, 0.4) is 0 Å². The van der Waals surface area contributed by atoms with Crippen LogP contribution in [-0.4, -0.2) is 54.9 Å². The second kappa shape index (κ2) is 7.00. The molecule has 1 aromatic rings. The minimum atomic E-state index is 0.0586. The summed E-state index contributed by atoms with van der Waals surface area (Å²) in [4.78, 5) is 17.3. The number of nitrogens with zero attached hydrogens (tertiary/aromatic N) is 2. The summed E-state index contributed by atoms with van der Waals surface area (Å²) in [5.74, 6) is 0.318. The lowest BCUT2D eigenvalue weighted by Crippen LogP contribution is -2.41. The van der Waals surface area contributed by atoms with Crippen LogP contribution >= 0.6 is 0 Å². The Morgan fingerprint density at radius 2 is 2.00 bits per heavy atom. The Kier molecular flexibility index (Phi) is 5.32. The van der Waals surface area contributed by atoms with Gasteiger partial charge in [-0.05, 0) is 33.5 Å². The molecule has 0 aliphatic carbocycles. The monoisotopic (exact) mass is 274 g/mol. The van der Waals surface area contributed by atoms with E-state index in [9.17, 15) is 4.79 Å². The number of carbonyl (C=O) groups excluding carboxylic acids is 1. The quantitative estimate of drug-likeness (QED) is 0.788. The fourth-order valence-corrected chi connectivity index (χ4v) is 3.01. The lowest BCUT2D eigenvalue weighted by molar-refractivity contribution is 0.0873. The Hall–Kier alpha value is -1.19. The number of ketones is 1. The molecule has 20 heavy (non-hydrogen) atoms. The zero-order chi connectivity index (χ0) is 14.5. The zero-order valence-electron chi connectivity index (χ0n) is 12.9. The second-order valence-electron chi connectivity index (χ2n) is 6.09. The Morgan fingerprint density at radius 1 is 1.30 bits per heavy atom. The lowest BCUT2D eigenvalue weighted by Gasteiger charge is -2.29. The van der Waals surface area contributed by atoms with E-state index in [1.807, 2.05) is 30.3 Å². The highest BCUT2D eigenvalue weighted by Crippen LogP contribution is 2.14. The van der Waals surface area contributed by atoms with Crippen molar-refractivity contribution in [3.05, 3.63) is 35.9 Å². The van der Waals surface area contributed by atoms with E-state index in [2.05, 4.69) is 30.7 Å². The molecule has 0 spiro atoms. The number of rotatable bonds is 4. The molecule has 1 fully saturated rings. The van der Waals surface area contributed by atoms with Gasteiger partial charge in [-0.15, -0.1) is 0 Å². The number of hydrogen-bond donors (Lipinski definition) is 0. The predicted molar refractivity (Wildman–Crippen MR) is 83.1 cm³/mol. The molecule has 1 saturated heterocycles. The summed E-state index contributed by atoms with van der Waals surface area (Å²) in [5.41, 5.74) is 0.833. The fraction of sp³-hybridized carbons (Fsp3) is 0.588. The molecule has 1 aromatic carbocycles. The van der Waals surface area contributed by atoms with Crippen molar-refractivity contribution in [2.75, 3.05) is 33.2 Å². The molecule has 0 bridgehead atoms. The van der Waals surface area contributed by atoms with E-state index in [1.165, 1.54) is 6.42 Å². The van der Waals surface area contributed by atoms with Gasteiger partial charge in [-0.2, -0.15) is 0 Å². The molecule has 0 radical (unpaired) electrons. The molecule has 0 N–H and O–H groups in total. The summed E-state index contributed by atoms with van der Waals surface area (Å²) < 4.78 is 0. The van der Waals surface area contributed by atoms with E-state index in [-0.39, 0.29) is 11.7 Å². The minimum absolute atomic E-state index is 0.0586. The molecule has 2 rings (SSSR count). The molecule has 0 saturated carbocycles. The van der Waals surface area contributed by atoms with Gasteiger partial charge in [-0.1, -0.05) is 37.3 Å². The molecule has 3 nitrogen and oxygen atoms in total. The van der Waals surface area contributed by atoms with E-state index in [1.54, 1.807) is 0 Å². The van der Waals surface area contributed by atoms with Crippen LogP contribution in [0.4, 0.5) is 0 Å². The van der Waals surface area contributed by atoms with Crippen LogP contribution in [0.2, 0.25) is 0 Å². The number of Topliss-reactive ketones (excluding diaryl/α,β-unsaturated/α-hetero) is 1. The SMILES string of the molecule is CC(CN1CCCN(C)CC1C)C(=O)c1ccccc1. The third-order valence-corrected chi connectivity index (χ3v) is 4.20. The second-order valence-corrected chi connectivity index (χ2v) is 6.09. The average Bonchev–Trinajstić information content (AvgIpc) is 2.60. The van der Waals surface area contributed by atoms with Crippen LogP contribution in [0.5, 0.6) is 0 Å². The smallest absolute Gasteiger partial charge is 0.166 e. The van der Waals surface area contributed by atoms with E-state index in [0.29, 0.717) is 6.04 Å². The topological polar surface area (TPSA) is 23.6 Å². The number of likely N-dealkylation sites (N-methyl/N-ethyl adjacent to an activating group) is 1. The standard InChI is InChI=1S/C17H26N2O/c1-14(17(20)16-8-5-4-6-9-16)12-19-11-7-10-18(3)13-15(19)2/h4-6,8-9,14-15H,7,10-13H2,1-3H3. The molecule has 2 atom stereocenters. The van der Waals surface area contributed by atoms with Crippen LogP contribution in [0.15, 0.2) is 30.3 Å². The van der Waals surface area contributed by atoms with Gasteiger partial charge < -0.3 is 4.90 Å². The maximum absolute atomic E-state index is 12.4. The molecule has 0 amide bonds. The Labute approximate surface area is 122 Å². The van der Waals surface area contributed by atoms with Gasteiger partial charge in [-0.25, -0.2) is 0 Å². The highest BCUT2D eigenvalue weighted by molar-refractivity contribution is 5.97. The molecule has 1 aliphatic heterocycles. The maximum atomic E-state index is 12.4. The predicted octanol–water partition coefficient (Wildman–Crippen LogP) is 2.53. The first-order valence-corrected chi connectivity index (χ1v) is 7.60. The molecule has 3 heteroatoms. The summed E-state index contributed by atoms with van der Waals surface area (Å²) >= 11 is 0. The molecule has 110 valence electrons. The van der Waals surface area contributed by atoms with Gasteiger partial charge >= 0.3 is 0 Å². The summed E-state index contributed by atoms with van der Waals surface area (Å²) in [6.45, 7) is 8.52. The molecule has 1 aliphatic rings. The normalized spacial score (nSPS) is 23.2. The van der Waals surface area contributed by atoms with Gasteiger partial charge in [0.2, 0.25) is 0 Å². The minimum Gasteiger partial charge on any atom is -0.305 e. The van der Waals surface area contributed by atoms with Crippen LogP contribution in [0, 0.1) is 5.92 Å². The van der Waals surface area contributed by atoms with Crippen molar-refractivity contribution >= 4 is 5.78 Å². The van der Waals surface area contributed by atoms with Crippen molar-refractivity contribution in [2.24, 2.45) is 5.92 Å². The number of benzene rings is 1. The van der Waals surface area contributed by atoms with Crippen molar-refractivity contribution < 1.29 is 4.79 Å². The van der Waals surface area contributed by atoms with Crippen molar-refractivity contribution in [2.45, 2.75) is 26.3 Å². The summed E-state index contributed by atoms with van der Waals surface area (Å²) in [6, 6.07) is 10.2. The number of hydrogen-bond acceptors (Lipinski definition) is 3. The molecular weight excluding hydrogens is 248 g/mol. The van der Waals surface area contributed by atoms with Gasteiger partial charge in [0.25, 0.3) is 0 Å². The number of carbonyl (C=O) groups is 1. The van der Waals surface area contributed by atoms with E-state index >= 15 is 0 Å². The zero-order valence-corrected chi connectivity index (χ0v) is 12.9. The van der Waals surface area contributed by atoms with Crippen molar-refractivity contribution in [3.8, 4) is 0 Å². The van der Waals surface area contributed by atoms with Gasteiger partial charge in [0.1, 0.15) is 0 Å². The highest BCUT2D eigenvalue weighted by atomic mass is 16.1. The van der Waals surface area contributed by atoms with E-state index in [0.717, 1.165) is 31.7 Å². The van der Waals surface area contributed by atoms with Gasteiger partial charge in [0, 0.05) is 30.6 Å². The third-order valence-electron chi connectivity index (χ3n) is 4.20. The lowest BCUT2D eigenvalue weighted by atomic mass is 9.98. The largest absolute Gasteiger partial charge is 0.305 e. The molecule has 0 aromatic heterocycles. The fourth-order valence-electron chi connectivity index (χ4n) is 3.01. The first kappa shape index (κ1) is 15.2. The molecular formula is C17H26N2O. The van der Waals surface area contributed by atoms with Gasteiger partial charge in [0.15, 0.2) is 5.78 Å². The average molecular weight is 274 g/mol. The van der Waals surface area contributed by atoms with Crippen molar-refractivity contribution in [1.29, 1.82) is 0 Å². The summed E-state index contributed by atoms with van der Waals surface area (Å²) in [5, 5.41) is 0. The molecule has 1 heterocycles. The Morgan fingerprint density at radius 3 is 2.70 bits per heavy atom. The van der Waals surface area contributed by atoms with Gasteiger partial charge in [-0.3, -0.25) is 9.69 Å².